The van der Waals surface area contributed by atoms with Crippen molar-refractivity contribution in [2.45, 2.75) is 20.0 Å². The van der Waals surface area contributed by atoms with Crippen molar-refractivity contribution in [1.29, 1.82) is 5.26 Å². The molecular weight excluding hydrogens is 190 g/mol. The normalized spacial score (nSPS) is 28.1. The number of aliphatic hydroxyl groups is 1. The predicted octanol–water partition coefficient (Wildman–Crippen LogP) is 0.797. The van der Waals surface area contributed by atoms with Crippen LogP contribution in [0.1, 0.15) is 13.8 Å². The van der Waals surface area contributed by atoms with Gasteiger partial charge in [0.15, 0.2) is 0 Å². The van der Waals surface area contributed by atoms with Crippen molar-refractivity contribution in [1.82, 2.24) is 4.90 Å². The van der Waals surface area contributed by atoms with Gasteiger partial charge in [0.2, 0.25) is 0 Å². The summed E-state index contributed by atoms with van der Waals surface area (Å²) in [5.74, 6) is 0.570. The quantitative estimate of drug-likeness (QED) is 0.511. The zero-order chi connectivity index (χ0) is 11.4. The first kappa shape index (κ1) is 11.7. The fraction of sp³-hybridized carbons (Fsp3) is 0.636. The molecule has 1 N–H and O–H groups in total. The summed E-state index contributed by atoms with van der Waals surface area (Å²) in [7, 11) is 1.73. The lowest BCUT2D eigenvalue weighted by Gasteiger charge is -2.20. The fourth-order valence-electron chi connectivity index (χ4n) is 1.78. The molecule has 82 valence electrons. The molecule has 4 heteroatoms. The lowest BCUT2D eigenvalue weighted by atomic mass is 10.1. The van der Waals surface area contributed by atoms with Crippen LogP contribution in [0.3, 0.4) is 0 Å². The van der Waals surface area contributed by atoms with E-state index < -0.39 is 6.10 Å². The largest absolute Gasteiger partial charge is 0.390 e. The number of amidine groups is 1. The van der Waals surface area contributed by atoms with Gasteiger partial charge in [-0.25, -0.2) is 0 Å². The Morgan fingerprint density at radius 1 is 1.60 bits per heavy atom. The predicted molar refractivity (Wildman–Crippen MR) is 59.5 cm³/mol. The molecule has 2 unspecified atom stereocenters. The monoisotopic (exact) mass is 207 g/mol. The lowest BCUT2D eigenvalue weighted by Crippen LogP contribution is -2.30. The van der Waals surface area contributed by atoms with Gasteiger partial charge in [0.25, 0.3) is 0 Å². The second-order valence-electron chi connectivity index (χ2n) is 3.73. The number of aliphatic hydroxyl groups excluding tert-OH is 1. The number of rotatable bonds is 1. The zero-order valence-corrected chi connectivity index (χ0v) is 9.44. The maximum atomic E-state index is 9.62. The molecule has 0 aromatic carbocycles. The van der Waals surface area contributed by atoms with E-state index in [9.17, 15) is 5.11 Å². The van der Waals surface area contributed by atoms with Crippen LogP contribution >= 0.6 is 0 Å². The van der Waals surface area contributed by atoms with Gasteiger partial charge >= 0.3 is 0 Å². The van der Waals surface area contributed by atoms with Crippen molar-refractivity contribution in [2.75, 3.05) is 20.1 Å². The van der Waals surface area contributed by atoms with Gasteiger partial charge in [0, 0.05) is 20.1 Å². The highest BCUT2D eigenvalue weighted by molar-refractivity contribution is 5.97. The molecule has 1 aliphatic rings. The van der Waals surface area contributed by atoms with Crippen molar-refractivity contribution in [3.8, 4) is 6.07 Å². The summed E-state index contributed by atoms with van der Waals surface area (Å²) in [5, 5.41) is 18.4. The van der Waals surface area contributed by atoms with Crippen molar-refractivity contribution >= 4 is 5.84 Å². The van der Waals surface area contributed by atoms with Gasteiger partial charge in [-0.2, -0.15) is 5.26 Å². The summed E-state index contributed by atoms with van der Waals surface area (Å²) in [6.07, 6.45) is 1.42. The second-order valence-corrected chi connectivity index (χ2v) is 3.73. The number of β-amino-alcohol motifs (C(OH)–C–C–N with tert-alkyl or cyclic N) is 1. The third-order valence-electron chi connectivity index (χ3n) is 2.75. The lowest BCUT2D eigenvalue weighted by molar-refractivity contribution is 0.165. The first-order valence-electron chi connectivity index (χ1n) is 5.06. The summed E-state index contributed by atoms with van der Waals surface area (Å²) in [5.41, 5.74) is 1.07. The molecule has 0 radical (unpaired) electrons. The maximum absolute atomic E-state index is 9.62. The first-order valence-corrected chi connectivity index (χ1v) is 5.06. The number of nitrogens with zero attached hydrogens (tertiary/aromatic N) is 3. The van der Waals surface area contributed by atoms with Crippen LogP contribution in [0.5, 0.6) is 0 Å². The van der Waals surface area contributed by atoms with Crippen LogP contribution in [0.4, 0.5) is 0 Å². The molecule has 0 aromatic rings. The van der Waals surface area contributed by atoms with Gasteiger partial charge in [-0.1, -0.05) is 6.08 Å². The van der Waals surface area contributed by atoms with Gasteiger partial charge in [-0.3, -0.25) is 4.99 Å². The van der Waals surface area contributed by atoms with Crippen LogP contribution in [-0.2, 0) is 0 Å². The molecule has 1 rings (SSSR count). The van der Waals surface area contributed by atoms with Crippen LogP contribution in [0.15, 0.2) is 16.6 Å². The van der Waals surface area contributed by atoms with Crippen LogP contribution in [0.25, 0.3) is 0 Å². The molecule has 15 heavy (non-hydrogen) atoms. The highest BCUT2D eigenvalue weighted by Crippen LogP contribution is 2.18. The molecular formula is C11H17N3O. The van der Waals surface area contributed by atoms with E-state index in [-0.39, 0.29) is 5.92 Å². The van der Waals surface area contributed by atoms with Gasteiger partial charge < -0.3 is 10.0 Å². The third kappa shape index (κ3) is 2.37. The molecule has 1 saturated heterocycles. The molecule has 1 fully saturated rings. The van der Waals surface area contributed by atoms with Gasteiger partial charge in [0.05, 0.1) is 18.1 Å². The molecule has 1 aliphatic heterocycles. The molecule has 4 nitrogen and oxygen atoms in total. The van der Waals surface area contributed by atoms with Crippen molar-refractivity contribution in [2.24, 2.45) is 10.9 Å². The Balaban J connectivity index is 2.80. The summed E-state index contributed by atoms with van der Waals surface area (Å²) >= 11 is 0. The number of allylic oxidation sites excluding steroid dienone is 1. The molecule has 0 aromatic heterocycles. The average molecular weight is 207 g/mol. The van der Waals surface area contributed by atoms with E-state index in [0.717, 1.165) is 11.4 Å². The Kier molecular flexibility index (Phi) is 3.87. The highest BCUT2D eigenvalue weighted by Gasteiger charge is 2.32. The Hall–Kier alpha value is -1.34. The van der Waals surface area contributed by atoms with Crippen LogP contribution in [-0.4, -0.2) is 42.1 Å². The minimum atomic E-state index is -0.559. The maximum Gasteiger partial charge on any atom is 0.125 e. The smallest absolute Gasteiger partial charge is 0.125 e. The highest BCUT2D eigenvalue weighted by atomic mass is 16.3. The van der Waals surface area contributed by atoms with Gasteiger partial charge in [0.1, 0.15) is 5.84 Å². The molecule has 0 amide bonds. The second kappa shape index (κ2) is 4.94. The van der Waals surface area contributed by atoms with E-state index in [4.69, 9.17) is 5.26 Å². The number of likely N-dealkylation sites (tertiary alicyclic amines) is 1. The SMILES string of the molecule is CC=C(C)C(=NC)N1CC(O)C(C#N)C1. The number of aliphatic imine (C=N–C) groups is 1. The molecule has 0 saturated carbocycles. The Morgan fingerprint density at radius 3 is 2.67 bits per heavy atom. The third-order valence-corrected chi connectivity index (χ3v) is 2.75. The Labute approximate surface area is 90.5 Å². The Morgan fingerprint density at radius 2 is 2.27 bits per heavy atom. The van der Waals surface area contributed by atoms with E-state index in [1.54, 1.807) is 7.05 Å². The zero-order valence-electron chi connectivity index (χ0n) is 9.44. The minimum Gasteiger partial charge on any atom is -0.390 e. The molecule has 2 atom stereocenters. The average Bonchev–Trinajstić information content (AvgIpc) is 2.60. The number of hydrogen-bond acceptors (Lipinski definition) is 3. The molecule has 0 spiro atoms. The minimum absolute atomic E-state index is 0.300. The van der Waals surface area contributed by atoms with E-state index in [2.05, 4.69) is 11.1 Å². The van der Waals surface area contributed by atoms with Crippen molar-refractivity contribution in [3.63, 3.8) is 0 Å². The van der Waals surface area contributed by atoms with E-state index >= 15 is 0 Å². The van der Waals surface area contributed by atoms with Crippen molar-refractivity contribution in [3.05, 3.63) is 11.6 Å². The van der Waals surface area contributed by atoms with Crippen LogP contribution in [0.2, 0.25) is 0 Å². The molecule has 0 aliphatic carbocycles. The number of nitriles is 1. The summed E-state index contributed by atoms with van der Waals surface area (Å²) in [6.45, 7) is 4.99. The van der Waals surface area contributed by atoms with E-state index in [0.29, 0.717) is 13.1 Å². The van der Waals surface area contributed by atoms with Crippen LogP contribution < -0.4 is 0 Å². The molecule has 1 heterocycles. The van der Waals surface area contributed by atoms with Gasteiger partial charge in [-0.15, -0.1) is 0 Å². The van der Waals surface area contributed by atoms with Crippen molar-refractivity contribution < 1.29 is 5.11 Å². The summed E-state index contributed by atoms with van der Waals surface area (Å²) in [4.78, 5) is 6.16. The van der Waals surface area contributed by atoms with E-state index in [1.165, 1.54) is 0 Å². The first-order chi connectivity index (χ1) is 7.13. The summed E-state index contributed by atoms with van der Waals surface area (Å²) in [6, 6.07) is 2.11. The fourth-order valence-corrected chi connectivity index (χ4v) is 1.78. The Bertz CT molecular complexity index is 327. The standard InChI is InChI=1S/C11H17N3O/c1-4-8(2)11(13-3)14-6-9(5-12)10(15)7-14/h4,9-10,15H,6-7H2,1-3H3. The van der Waals surface area contributed by atoms with Gasteiger partial charge in [-0.05, 0) is 19.4 Å². The number of hydrogen-bond donors (Lipinski definition) is 1. The van der Waals surface area contributed by atoms with E-state index in [1.807, 2.05) is 24.8 Å². The molecule has 0 bridgehead atoms. The topological polar surface area (TPSA) is 59.6 Å². The summed E-state index contributed by atoms with van der Waals surface area (Å²) < 4.78 is 0. The van der Waals surface area contributed by atoms with Crippen LogP contribution in [0, 0.1) is 17.2 Å².